The molecule has 19 heavy (non-hydrogen) atoms. The zero-order chi connectivity index (χ0) is 13.9. The number of hydrogen-bond donors (Lipinski definition) is 1. The molecule has 1 fully saturated rings. The lowest BCUT2D eigenvalue weighted by Crippen LogP contribution is -2.54. The maximum atomic E-state index is 12.9. The van der Waals surface area contributed by atoms with Crippen molar-refractivity contribution >= 4 is 11.5 Å². The zero-order valence-electron chi connectivity index (χ0n) is 11.9. The number of likely N-dealkylation sites (tertiary alicyclic amines) is 1. The molecule has 0 radical (unpaired) electrons. The molecule has 1 aromatic rings. The Bertz CT molecular complexity index is 454. The Morgan fingerprint density at radius 1 is 1.42 bits per heavy atom. The summed E-state index contributed by atoms with van der Waals surface area (Å²) in [5.74, 6) is 0.0995. The van der Waals surface area contributed by atoms with Gasteiger partial charge in [-0.15, -0.1) is 0 Å². The number of carbonyl (C=O) groups excluding carboxylic acids is 1. The summed E-state index contributed by atoms with van der Waals surface area (Å²) in [6.07, 6.45) is 7.61. The Balaban J connectivity index is 2.30. The number of nitrogens with two attached hydrogens (primary N) is 1. The maximum Gasteiger partial charge on any atom is 0.186 e. The Hall–Kier alpha value is -1.42. The molecule has 0 aliphatic carbocycles. The largest absolute Gasteiger partial charge is 0.398 e. The third-order valence-corrected chi connectivity index (χ3v) is 4.33. The van der Waals surface area contributed by atoms with E-state index in [1.165, 1.54) is 19.3 Å². The first-order valence-electron chi connectivity index (χ1n) is 7.09. The molecule has 1 aliphatic heterocycles. The van der Waals surface area contributed by atoms with Gasteiger partial charge in [0.25, 0.3) is 0 Å². The fourth-order valence-corrected chi connectivity index (χ4v) is 2.80. The van der Waals surface area contributed by atoms with Crippen molar-refractivity contribution in [2.24, 2.45) is 0 Å². The normalized spacial score (nSPS) is 19.9. The fraction of sp³-hybridized carbons (Fsp3) is 0.600. The van der Waals surface area contributed by atoms with Gasteiger partial charge in [-0.25, -0.2) is 0 Å². The Labute approximate surface area is 115 Å². The summed E-state index contributed by atoms with van der Waals surface area (Å²) in [4.78, 5) is 19.2. The molecule has 1 saturated heterocycles. The molecular formula is C15H23N3O. The standard InChI is InChI=1S/C15H23N3O/c1-3-15(2,18-9-5-4-6-10-18)14(19)12-11-17-8-7-13(12)16/h7-8,11H,3-6,9-10H2,1-2H3,(H2,16,17). The summed E-state index contributed by atoms with van der Waals surface area (Å²) in [6, 6.07) is 1.69. The van der Waals surface area contributed by atoms with E-state index in [4.69, 9.17) is 5.73 Å². The smallest absolute Gasteiger partial charge is 0.186 e. The number of piperidine rings is 1. The van der Waals surface area contributed by atoms with Crippen LogP contribution in [0.3, 0.4) is 0 Å². The summed E-state index contributed by atoms with van der Waals surface area (Å²) >= 11 is 0. The predicted octanol–water partition coefficient (Wildman–Crippen LogP) is 2.50. The van der Waals surface area contributed by atoms with E-state index in [0.29, 0.717) is 11.3 Å². The van der Waals surface area contributed by atoms with Gasteiger partial charge in [-0.05, 0) is 45.3 Å². The molecule has 1 aliphatic rings. The highest BCUT2D eigenvalue weighted by molar-refractivity contribution is 6.06. The minimum Gasteiger partial charge on any atom is -0.398 e. The molecular weight excluding hydrogens is 238 g/mol. The van der Waals surface area contributed by atoms with Crippen molar-refractivity contribution in [2.75, 3.05) is 18.8 Å². The third-order valence-electron chi connectivity index (χ3n) is 4.33. The van der Waals surface area contributed by atoms with Crippen molar-refractivity contribution in [1.29, 1.82) is 0 Å². The second kappa shape index (κ2) is 5.70. The average Bonchev–Trinajstić information content (AvgIpc) is 2.47. The number of rotatable bonds is 4. The quantitative estimate of drug-likeness (QED) is 0.846. The molecule has 4 heteroatoms. The van der Waals surface area contributed by atoms with Crippen molar-refractivity contribution in [1.82, 2.24) is 9.88 Å². The van der Waals surface area contributed by atoms with Gasteiger partial charge in [-0.1, -0.05) is 13.3 Å². The first-order chi connectivity index (χ1) is 9.09. The Morgan fingerprint density at radius 2 is 2.11 bits per heavy atom. The molecule has 2 rings (SSSR count). The first kappa shape index (κ1) is 14.0. The van der Waals surface area contributed by atoms with Gasteiger partial charge in [-0.3, -0.25) is 14.7 Å². The Kier molecular flexibility index (Phi) is 4.20. The number of Topliss-reactive ketones (excluding diaryl/α,β-unsaturated/α-hetero) is 1. The third kappa shape index (κ3) is 2.63. The number of nitrogens with zero attached hydrogens (tertiary/aromatic N) is 2. The lowest BCUT2D eigenvalue weighted by molar-refractivity contribution is 0.0506. The maximum absolute atomic E-state index is 12.9. The second-order valence-corrected chi connectivity index (χ2v) is 5.47. The Morgan fingerprint density at radius 3 is 2.68 bits per heavy atom. The fourth-order valence-electron chi connectivity index (χ4n) is 2.80. The number of ketones is 1. The number of carbonyl (C=O) groups is 1. The van der Waals surface area contributed by atoms with Crippen LogP contribution in [0, 0.1) is 0 Å². The number of hydrogen-bond acceptors (Lipinski definition) is 4. The molecule has 2 heterocycles. The topological polar surface area (TPSA) is 59.2 Å². The van der Waals surface area contributed by atoms with Crippen molar-refractivity contribution in [3.63, 3.8) is 0 Å². The van der Waals surface area contributed by atoms with Gasteiger partial charge < -0.3 is 5.73 Å². The van der Waals surface area contributed by atoms with Crippen molar-refractivity contribution in [3.8, 4) is 0 Å². The number of pyridine rings is 1. The van der Waals surface area contributed by atoms with E-state index in [1.807, 2.05) is 6.92 Å². The van der Waals surface area contributed by atoms with Crippen molar-refractivity contribution in [2.45, 2.75) is 45.1 Å². The number of nitrogen functional groups attached to an aromatic ring is 1. The minimum absolute atomic E-state index is 0.0995. The highest BCUT2D eigenvalue weighted by atomic mass is 16.1. The SMILES string of the molecule is CCC(C)(C(=O)c1cnccc1N)N1CCCCC1. The average molecular weight is 261 g/mol. The summed E-state index contributed by atoms with van der Waals surface area (Å²) in [7, 11) is 0. The molecule has 2 N–H and O–H groups in total. The van der Waals surface area contributed by atoms with Gasteiger partial charge in [-0.2, -0.15) is 0 Å². The van der Waals surface area contributed by atoms with Crippen LogP contribution in [-0.2, 0) is 0 Å². The van der Waals surface area contributed by atoms with Crippen LogP contribution in [0.2, 0.25) is 0 Å². The van der Waals surface area contributed by atoms with Crippen LogP contribution < -0.4 is 5.73 Å². The summed E-state index contributed by atoms with van der Waals surface area (Å²) in [5.41, 5.74) is 6.54. The predicted molar refractivity (Wildman–Crippen MR) is 77.1 cm³/mol. The molecule has 1 aromatic heterocycles. The van der Waals surface area contributed by atoms with Crippen LogP contribution in [-0.4, -0.2) is 34.3 Å². The summed E-state index contributed by atoms with van der Waals surface area (Å²) < 4.78 is 0. The lowest BCUT2D eigenvalue weighted by atomic mass is 9.85. The van der Waals surface area contributed by atoms with Crippen LogP contribution in [0.4, 0.5) is 5.69 Å². The van der Waals surface area contributed by atoms with Gasteiger partial charge in [0, 0.05) is 18.1 Å². The van der Waals surface area contributed by atoms with Crippen molar-refractivity contribution < 1.29 is 4.79 Å². The van der Waals surface area contributed by atoms with Crippen LogP contribution in [0.5, 0.6) is 0 Å². The van der Waals surface area contributed by atoms with Crippen molar-refractivity contribution in [3.05, 3.63) is 24.0 Å². The number of aromatic nitrogens is 1. The second-order valence-electron chi connectivity index (χ2n) is 5.47. The summed E-state index contributed by atoms with van der Waals surface area (Å²) in [6.45, 7) is 6.10. The molecule has 0 bridgehead atoms. The lowest BCUT2D eigenvalue weighted by Gasteiger charge is -2.42. The molecule has 0 amide bonds. The molecule has 0 spiro atoms. The molecule has 1 atom stereocenters. The molecule has 0 aromatic carbocycles. The zero-order valence-corrected chi connectivity index (χ0v) is 11.9. The molecule has 0 saturated carbocycles. The van der Waals surface area contributed by atoms with Gasteiger partial charge in [0.2, 0.25) is 0 Å². The van der Waals surface area contributed by atoms with E-state index in [9.17, 15) is 4.79 Å². The van der Waals surface area contributed by atoms with Gasteiger partial charge >= 0.3 is 0 Å². The number of anilines is 1. The van der Waals surface area contributed by atoms with Crippen LogP contribution in [0.25, 0.3) is 0 Å². The molecule has 104 valence electrons. The van der Waals surface area contributed by atoms with Gasteiger partial charge in [0.15, 0.2) is 5.78 Å². The highest BCUT2D eigenvalue weighted by Gasteiger charge is 2.39. The van der Waals surface area contributed by atoms with Gasteiger partial charge in [0.05, 0.1) is 11.1 Å². The van der Waals surface area contributed by atoms with E-state index in [0.717, 1.165) is 19.5 Å². The highest BCUT2D eigenvalue weighted by Crippen LogP contribution is 2.29. The summed E-state index contributed by atoms with van der Waals surface area (Å²) in [5, 5.41) is 0. The van der Waals surface area contributed by atoms with Crippen LogP contribution >= 0.6 is 0 Å². The van der Waals surface area contributed by atoms with E-state index in [2.05, 4.69) is 16.8 Å². The first-order valence-corrected chi connectivity index (χ1v) is 7.09. The van der Waals surface area contributed by atoms with Gasteiger partial charge in [0.1, 0.15) is 0 Å². The minimum atomic E-state index is -0.461. The van der Waals surface area contributed by atoms with Crippen LogP contribution in [0.1, 0.15) is 49.9 Å². The monoisotopic (exact) mass is 261 g/mol. The molecule has 4 nitrogen and oxygen atoms in total. The van der Waals surface area contributed by atoms with E-state index in [1.54, 1.807) is 18.5 Å². The van der Waals surface area contributed by atoms with Crippen LogP contribution in [0.15, 0.2) is 18.5 Å². The molecule has 1 unspecified atom stereocenters. The van der Waals surface area contributed by atoms with E-state index < -0.39 is 5.54 Å². The van der Waals surface area contributed by atoms with E-state index >= 15 is 0 Å². The van der Waals surface area contributed by atoms with E-state index in [-0.39, 0.29) is 5.78 Å².